The molecule has 2 unspecified atom stereocenters. The lowest BCUT2D eigenvalue weighted by atomic mass is 9.95. The van der Waals surface area contributed by atoms with Crippen LogP contribution in [0.2, 0.25) is 0 Å². The van der Waals surface area contributed by atoms with Crippen LogP contribution in [0.5, 0.6) is 0 Å². The Hall–Kier alpha value is -1.04. The van der Waals surface area contributed by atoms with E-state index in [4.69, 9.17) is 0 Å². The van der Waals surface area contributed by atoms with Crippen LogP contribution in [-0.4, -0.2) is 47.3 Å². The number of β-amino-alcohol motifs (C(OH)–C–C–N with tert-alkyl or cyclic N) is 1. The SMILES string of the molecule is CNC(CCN1CCCC(C)(O)C1)c1ccc(F)cn1. The van der Waals surface area contributed by atoms with E-state index in [1.807, 2.05) is 14.0 Å². The summed E-state index contributed by atoms with van der Waals surface area (Å²) in [4.78, 5) is 6.43. The predicted molar refractivity (Wildman–Crippen MR) is 76.9 cm³/mol. The van der Waals surface area contributed by atoms with E-state index in [1.165, 1.54) is 12.3 Å². The first-order valence-corrected chi connectivity index (χ1v) is 7.24. The zero-order chi connectivity index (χ0) is 14.6. The van der Waals surface area contributed by atoms with Crippen molar-refractivity contribution in [2.75, 3.05) is 26.7 Å². The van der Waals surface area contributed by atoms with Crippen LogP contribution in [0, 0.1) is 5.82 Å². The molecule has 0 spiro atoms. The first-order chi connectivity index (χ1) is 9.50. The van der Waals surface area contributed by atoms with Gasteiger partial charge in [0.1, 0.15) is 5.82 Å². The molecule has 1 aliphatic rings. The van der Waals surface area contributed by atoms with Gasteiger partial charge in [0.05, 0.1) is 23.5 Å². The van der Waals surface area contributed by atoms with Gasteiger partial charge in [0.15, 0.2) is 0 Å². The number of nitrogens with zero attached hydrogens (tertiary/aromatic N) is 2. The number of hydrogen-bond acceptors (Lipinski definition) is 4. The van der Waals surface area contributed by atoms with Gasteiger partial charge < -0.3 is 15.3 Å². The van der Waals surface area contributed by atoms with Crippen LogP contribution in [0.1, 0.15) is 37.9 Å². The number of aromatic nitrogens is 1. The standard InChI is InChI=1S/C15H24FN3O/c1-15(20)7-3-8-19(11-15)9-6-13(17-2)14-5-4-12(16)10-18-14/h4-5,10,13,17,20H,3,6-9,11H2,1-2H3. The molecule has 2 heterocycles. The Labute approximate surface area is 120 Å². The van der Waals surface area contributed by atoms with E-state index in [1.54, 1.807) is 6.07 Å². The fourth-order valence-electron chi connectivity index (χ4n) is 2.86. The lowest BCUT2D eigenvalue weighted by Crippen LogP contribution is -2.46. The van der Waals surface area contributed by atoms with E-state index in [-0.39, 0.29) is 11.9 Å². The van der Waals surface area contributed by atoms with Gasteiger partial charge in [-0.2, -0.15) is 0 Å². The van der Waals surface area contributed by atoms with Gasteiger partial charge in [-0.3, -0.25) is 4.98 Å². The minimum atomic E-state index is -0.568. The zero-order valence-corrected chi connectivity index (χ0v) is 12.3. The molecule has 0 saturated carbocycles. The number of likely N-dealkylation sites (tertiary alicyclic amines) is 1. The molecule has 1 saturated heterocycles. The van der Waals surface area contributed by atoms with Crippen LogP contribution in [0.15, 0.2) is 18.3 Å². The molecule has 1 aliphatic heterocycles. The summed E-state index contributed by atoms with van der Waals surface area (Å²) in [6.07, 6.45) is 4.06. The summed E-state index contributed by atoms with van der Waals surface area (Å²) in [6, 6.07) is 3.28. The highest BCUT2D eigenvalue weighted by Crippen LogP contribution is 2.22. The monoisotopic (exact) mass is 281 g/mol. The Morgan fingerprint density at radius 3 is 2.95 bits per heavy atom. The summed E-state index contributed by atoms with van der Waals surface area (Å²) in [7, 11) is 1.89. The second-order valence-electron chi connectivity index (χ2n) is 5.91. The van der Waals surface area contributed by atoms with Gasteiger partial charge in [-0.25, -0.2) is 4.39 Å². The summed E-state index contributed by atoms with van der Waals surface area (Å²) < 4.78 is 12.9. The Morgan fingerprint density at radius 1 is 1.55 bits per heavy atom. The van der Waals surface area contributed by atoms with E-state index in [0.29, 0.717) is 0 Å². The third-order valence-electron chi connectivity index (χ3n) is 3.94. The summed E-state index contributed by atoms with van der Waals surface area (Å²) in [6.45, 7) is 4.56. The van der Waals surface area contributed by atoms with Gasteiger partial charge in [0, 0.05) is 13.1 Å². The lowest BCUT2D eigenvalue weighted by molar-refractivity contribution is -0.0163. The zero-order valence-electron chi connectivity index (χ0n) is 12.3. The van der Waals surface area contributed by atoms with Crippen molar-refractivity contribution in [3.63, 3.8) is 0 Å². The van der Waals surface area contributed by atoms with Crippen LogP contribution in [-0.2, 0) is 0 Å². The molecule has 112 valence electrons. The Bertz CT molecular complexity index is 422. The van der Waals surface area contributed by atoms with Crippen LogP contribution < -0.4 is 5.32 Å². The maximum Gasteiger partial charge on any atom is 0.141 e. The van der Waals surface area contributed by atoms with Crippen molar-refractivity contribution in [1.29, 1.82) is 0 Å². The molecule has 1 aromatic heterocycles. The molecule has 0 amide bonds. The van der Waals surface area contributed by atoms with Crippen molar-refractivity contribution in [2.24, 2.45) is 0 Å². The van der Waals surface area contributed by atoms with E-state index in [2.05, 4.69) is 15.2 Å². The smallest absolute Gasteiger partial charge is 0.141 e. The first-order valence-electron chi connectivity index (χ1n) is 7.24. The molecule has 0 radical (unpaired) electrons. The average Bonchev–Trinajstić information content (AvgIpc) is 2.40. The second-order valence-corrected chi connectivity index (χ2v) is 5.91. The van der Waals surface area contributed by atoms with Gasteiger partial charge in [-0.15, -0.1) is 0 Å². The fourth-order valence-corrected chi connectivity index (χ4v) is 2.86. The van der Waals surface area contributed by atoms with Crippen molar-refractivity contribution in [1.82, 2.24) is 15.2 Å². The van der Waals surface area contributed by atoms with E-state index >= 15 is 0 Å². The molecular formula is C15H24FN3O. The molecule has 1 aromatic rings. The van der Waals surface area contributed by atoms with Crippen LogP contribution >= 0.6 is 0 Å². The van der Waals surface area contributed by atoms with Crippen LogP contribution in [0.3, 0.4) is 0 Å². The van der Waals surface area contributed by atoms with Crippen molar-refractivity contribution < 1.29 is 9.50 Å². The maximum absolute atomic E-state index is 12.9. The third kappa shape index (κ3) is 4.23. The molecule has 20 heavy (non-hydrogen) atoms. The third-order valence-corrected chi connectivity index (χ3v) is 3.94. The molecular weight excluding hydrogens is 257 g/mol. The Kier molecular flexibility index (Phi) is 5.07. The topological polar surface area (TPSA) is 48.4 Å². The van der Waals surface area contributed by atoms with E-state index < -0.39 is 5.60 Å². The summed E-state index contributed by atoms with van der Waals surface area (Å²) in [5, 5.41) is 13.3. The molecule has 0 aliphatic carbocycles. The van der Waals surface area contributed by atoms with Gasteiger partial charge in [0.2, 0.25) is 0 Å². The van der Waals surface area contributed by atoms with Gasteiger partial charge in [0.25, 0.3) is 0 Å². The predicted octanol–water partition coefficient (Wildman–Crippen LogP) is 1.72. The number of rotatable bonds is 5. The van der Waals surface area contributed by atoms with Gasteiger partial charge in [-0.05, 0) is 51.9 Å². The number of halogens is 1. The van der Waals surface area contributed by atoms with Crippen molar-refractivity contribution >= 4 is 0 Å². The van der Waals surface area contributed by atoms with Crippen molar-refractivity contribution in [3.05, 3.63) is 29.8 Å². The number of aliphatic hydroxyl groups is 1. The largest absolute Gasteiger partial charge is 0.389 e. The fraction of sp³-hybridized carbons (Fsp3) is 0.667. The molecule has 2 N–H and O–H groups in total. The quantitative estimate of drug-likeness (QED) is 0.863. The highest BCUT2D eigenvalue weighted by Gasteiger charge is 2.28. The average molecular weight is 281 g/mol. The van der Waals surface area contributed by atoms with E-state index in [9.17, 15) is 9.50 Å². The van der Waals surface area contributed by atoms with E-state index in [0.717, 1.165) is 44.6 Å². The molecule has 1 fully saturated rings. The van der Waals surface area contributed by atoms with Crippen LogP contribution in [0.4, 0.5) is 4.39 Å². The highest BCUT2D eigenvalue weighted by atomic mass is 19.1. The van der Waals surface area contributed by atoms with Gasteiger partial charge >= 0.3 is 0 Å². The second kappa shape index (κ2) is 6.61. The molecule has 0 aromatic carbocycles. The van der Waals surface area contributed by atoms with Crippen LogP contribution in [0.25, 0.3) is 0 Å². The number of pyridine rings is 1. The Morgan fingerprint density at radius 2 is 2.35 bits per heavy atom. The van der Waals surface area contributed by atoms with Crippen molar-refractivity contribution in [3.8, 4) is 0 Å². The normalized spacial score (nSPS) is 25.6. The molecule has 4 nitrogen and oxygen atoms in total. The summed E-state index contributed by atoms with van der Waals surface area (Å²) in [5.74, 6) is -0.310. The molecule has 5 heteroatoms. The molecule has 0 bridgehead atoms. The number of piperidine rings is 1. The number of hydrogen-bond donors (Lipinski definition) is 2. The van der Waals surface area contributed by atoms with Crippen molar-refractivity contribution in [2.45, 2.75) is 37.8 Å². The Balaban J connectivity index is 1.89. The summed E-state index contributed by atoms with van der Waals surface area (Å²) in [5.41, 5.74) is 0.291. The molecule has 2 rings (SSSR count). The minimum absolute atomic E-state index is 0.113. The van der Waals surface area contributed by atoms with Gasteiger partial charge in [-0.1, -0.05) is 0 Å². The molecule has 2 atom stereocenters. The maximum atomic E-state index is 12.9. The minimum Gasteiger partial charge on any atom is -0.389 e. The highest BCUT2D eigenvalue weighted by molar-refractivity contribution is 5.09. The summed E-state index contributed by atoms with van der Waals surface area (Å²) >= 11 is 0. The lowest BCUT2D eigenvalue weighted by Gasteiger charge is -2.37. The first kappa shape index (κ1) is 15.4. The number of nitrogens with one attached hydrogen (secondary N) is 1.